The molecule has 0 aliphatic carbocycles. The van der Waals surface area contributed by atoms with Crippen molar-refractivity contribution < 1.29 is 8.76 Å². The largest absolute Gasteiger partial charge is 0.306 e. The van der Waals surface area contributed by atoms with Crippen LogP contribution in [0.4, 0.5) is 0 Å². The third-order valence-electron chi connectivity index (χ3n) is 4.55. The average Bonchev–Trinajstić information content (AvgIpc) is 2.56. The first-order valence-corrected chi connectivity index (χ1v) is 10.0. The van der Waals surface area contributed by atoms with Gasteiger partial charge in [0.25, 0.3) is 0 Å². The molecule has 2 rings (SSSR count). The number of benzene rings is 2. The minimum absolute atomic E-state index is 0.336. The Morgan fingerprint density at radius 1 is 0.880 bits per heavy atom. The van der Waals surface area contributed by atoms with Gasteiger partial charge in [0, 0.05) is 18.6 Å². The fourth-order valence-electron chi connectivity index (χ4n) is 3.18. The van der Waals surface area contributed by atoms with Gasteiger partial charge in [-0.25, -0.2) is 4.21 Å². The van der Waals surface area contributed by atoms with Crippen LogP contribution in [0.25, 0.3) is 0 Å². The first-order valence-electron chi connectivity index (χ1n) is 8.86. The zero-order valence-electron chi connectivity index (χ0n) is 15.6. The molecule has 0 aromatic heterocycles. The highest BCUT2D eigenvalue weighted by molar-refractivity contribution is 7.79. The summed E-state index contributed by atoms with van der Waals surface area (Å²) in [5.74, 6) is 0. The van der Waals surface area contributed by atoms with E-state index in [4.69, 9.17) is 0 Å². The molecule has 136 valence electrons. The van der Waals surface area contributed by atoms with Gasteiger partial charge >= 0.3 is 0 Å². The van der Waals surface area contributed by atoms with Crippen molar-refractivity contribution in [1.82, 2.24) is 4.90 Å². The lowest BCUT2D eigenvalue weighted by molar-refractivity contribution is 0.174. The Bertz CT molecular complexity index is 660. The van der Waals surface area contributed by atoms with Crippen molar-refractivity contribution in [3.8, 4) is 0 Å². The normalized spacial score (nSPS) is 14.2. The first-order chi connectivity index (χ1) is 11.9. The van der Waals surface area contributed by atoms with Crippen LogP contribution in [0.15, 0.2) is 54.6 Å². The van der Waals surface area contributed by atoms with Crippen molar-refractivity contribution in [2.45, 2.75) is 51.4 Å². The van der Waals surface area contributed by atoms with E-state index in [0.29, 0.717) is 18.6 Å². The molecule has 0 amide bonds. The molecular weight excluding hydrogens is 330 g/mol. The molecule has 25 heavy (non-hydrogen) atoms. The summed E-state index contributed by atoms with van der Waals surface area (Å²) in [7, 11) is 0. The minimum atomic E-state index is -1.89. The van der Waals surface area contributed by atoms with Gasteiger partial charge in [0.15, 0.2) is 11.1 Å². The summed E-state index contributed by atoms with van der Waals surface area (Å²) >= 11 is -1.89. The molecule has 2 aromatic rings. The van der Waals surface area contributed by atoms with Gasteiger partial charge in [-0.05, 0) is 50.8 Å². The molecule has 0 aliphatic heterocycles. The van der Waals surface area contributed by atoms with E-state index in [-0.39, 0.29) is 0 Å². The maximum Gasteiger partial charge on any atom is 0.161 e. The second kappa shape index (κ2) is 9.27. The molecule has 3 nitrogen and oxygen atoms in total. The molecule has 0 saturated heterocycles. The molecule has 0 heterocycles. The highest BCUT2D eigenvalue weighted by Gasteiger charge is 2.24. The molecule has 0 bridgehead atoms. The summed E-state index contributed by atoms with van der Waals surface area (Å²) < 4.78 is 21.8. The molecule has 4 heteroatoms. The van der Waals surface area contributed by atoms with Crippen molar-refractivity contribution in [3.05, 3.63) is 71.3 Å². The maximum atomic E-state index is 11.9. The highest BCUT2D eigenvalue weighted by Crippen LogP contribution is 2.23. The Morgan fingerprint density at radius 3 is 1.88 bits per heavy atom. The molecule has 2 unspecified atom stereocenters. The molecule has 2 atom stereocenters. The van der Waals surface area contributed by atoms with Gasteiger partial charge in [0.2, 0.25) is 0 Å². The number of rotatable bonds is 8. The van der Waals surface area contributed by atoms with Crippen LogP contribution in [0.2, 0.25) is 0 Å². The lowest BCUT2D eigenvalue weighted by atomic mass is 10.0. The van der Waals surface area contributed by atoms with Gasteiger partial charge in [0.05, 0.1) is 5.25 Å². The Morgan fingerprint density at radius 2 is 1.40 bits per heavy atom. The van der Waals surface area contributed by atoms with Crippen LogP contribution in [-0.4, -0.2) is 32.3 Å². The number of hydrogen-bond donors (Lipinski definition) is 1. The van der Waals surface area contributed by atoms with E-state index in [1.807, 2.05) is 30.3 Å². The van der Waals surface area contributed by atoms with Gasteiger partial charge in [-0.1, -0.05) is 54.6 Å². The van der Waals surface area contributed by atoms with Gasteiger partial charge < -0.3 is 4.55 Å². The second-order valence-electron chi connectivity index (χ2n) is 7.05. The quantitative estimate of drug-likeness (QED) is 0.697. The average molecular weight is 360 g/mol. The number of nitrogens with zero attached hydrogens (tertiary/aromatic N) is 1. The van der Waals surface area contributed by atoms with Crippen LogP contribution in [0.1, 0.15) is 49.6 Å². The van der Waals surface area contributed by atoms with E-state index in [2.05, 4.69) is 56.9 Å². The van der Waals surface area contributed by atoms with Crippen LogP contribution in [0, 0.1) is 0 Å². The van der Waals surface area contributed by atoms with Crippen LogP contribution in [0.3, 0.4) is 0 Å². The summed E-state index contributed by atoms with van der Waals surface area (Å²) in [5, 5.41) is -0.393. The second-order valence-corrected chi connectivity index (χ2v) is 8.17. The van der Waals surface area contributed by atoms with Gasteiger partial charge in [0.1, 0.15) is 0 Å². The predicted molar refractivity (Wildman–Crippen MR) is 106 cm³/mol. The van der Waals surface area contributed by atoms with Crippen molar-refractivity contribution in [3.63, 3.8) is 0 Å². The Balaban J connectivity index is 2.15. The van der Waals surface area contributed by atoms with Crippen LogP contribution in [0.5, 0.6) is 0 Å². The van der Waals surface area contributed by atoms with Gasteiger partial charge in [-0.2, -0.15) is 0 Å². The van der Waals surface area contributed by atoms with E-state index in [1.54, 1.807) is 0 Å². The topological polar surface area (TPSA) is 40.5 Å². The summed E-state index contributed by atoms with van der Waals surface area (Å²) in [6.45, 7) is 9.08. The fourth-order valence-corrected chi connectivity index (χ4v) is 3.87. The third-order valence-corrected chi connectivity index (χ3v) is 5.46. The molecule has 1 N–H and O–H groups in total. The Kier molecular flexibility index (Phi) is 7.36. The Labute approximate surface area is 154 Å². The SMILES string of the molecule is CC(C)N(CC(c1ccc(Cc2ccccc2)cc1)S(=O)O)C(C)C. The van der Waals surface area contributed by atoms with Gasteiger partial charge in [-0.15, -0.1) is 0 Å². The lowest BCUT2D eigenvalue weighted by Crippen LogP contribution is -2.40. The summed E-state index contributed by atoms with van der Waals surface area (Å²) in [5.41, 5.74) is 3.40. The summed E-state index contributed by atoms with van der Waals surface area (Å²) in [4.78, 5) is 2.26. The molecule has 0 saturated carbocycles. The molecular formula is C21H29NO2S. The van der Waals surface area contributed by atoms with Crippen LogP contribution < -0.4 is 0 Å². The summed E-state index contributed by atoms with van der Waals surface area (Å²) in [6.07, 6.45) is 0.873. The Hall–Kier alpha value is -1.49. The third kappa shape index (κ3) is 5.77. The van der Waals surface area contributed by atoms with E-state index in [9.17, 15) is 8.76 Å². The van der Waals surface area contributed by atoms with E-state index >= 15 is 0 Å². The number of hydrogen-bond acceptors (Lipinski definition) is 2. The molecule has 2 aromatic carbocycles. The van der Waals surface area contributed by atoms with Crippen molar-refractivity contribution >= 4 is 11.1 Å². The molecule has 0 aliphatic rings. The zero-order chi connectivity index (χ0) is 18.4. The van der Waals surface area contributed by atoms with Crippen molar-refractivity contribution in [2.24, 2.45) is 0 Å². The minimum Gasteiger partial charge on any atom is -0.306 e. The van der Waals surface area contributed by atoms with Crippen LogP contribution >= 0.6 is 0 Å². The van der Waals surface area contributed by atoms with Crippen LogP contribution in [-0.2, 0) is 17.5 Å². The molecule has 0 radical (unpaired) electrons. The summed E-state index contributed by atoms with van der Waals surface area (Å²) in [6, 6.07) is 19.1. The van der Waals surface area contributed by atoms with Crippen molar-refractivity contribution in [2.75, 3.05) is 6.54 Å². The highest BCUT2D eigenvalue weighted by atomic mass is 32.2. The van der Waals surface area contributed by atoms with Gasteiger partial charge in [-0.3, -0.25) is 4.90 Å². The standard InChI is InChI=1S/C21H29NO2S/c1-16(2)22(17(3)4)15-21(25(23)24)20-12-10-19(11-13-20)14-18-8-6-5-7-9-18/h5-13,16-17,21H,14-15H2,1-4H3,(H,23,24). The maximum absolute atomic E-state index is 11.9. The first kappa shape index (κ1) is 19.8. The lowest BCUT2D eigenvalue weighted by Gasteiger charge is -2.33. The molecule has 0 spiro atoms. The van der Waals surface area contributed by atoms with E-state index < -0.39 is 16.3 Å². The fraction of sp³-hybridized carbons (Fsp3) is 0.429. The van der Waals surface area contributed by atoms with E-state index in [0.717, 1.165) is 12.0 Å². The molecule has 0 fully saturated rings. The smallest absolute Gasteiger partial charge is 0.161 e. The van der Waals surface area contributed by atoms with E-state index in [1.165, 1.54) is 11.1 Å². The predicted octanol–water partition coefficient (Wildman–Crippen LogP) is 4.66. The monoisotopic (exact) mass is 359 g/mol. The zero-order valence-corrected chi connectivity index (χ0v) is 16.4. The van der Waals surface area contributed by atoms with Crippen molar-refractivity contribution in [1.29, 1.82) is 0 Å².